The van der Waals surface area contributed by atoms with Gasteiger partial charge in [-0.1, -0.05) is 0 Å². The molecule has 1 aliphatic heterocycles. The Morgan fingerprint density at radius 1 is 1.33 bits per heavy atom. The Morgan fingerprint density at radius 3 is 2.57 bits per heavy atom. The van der Waals surface area contributed by atoms with Crippen LogP contribution in [0.2, 0.25) is 0 Å². The number of amides is 1. The number of esters is 1. The Labute approximate surface area is 124 Å². The lowest BCUT2D eigenvalue weighted by atomic mass is 9.94. The molecule has 1 saturated heterocycles. The van der Waals surface area contributed by atoms with Crippen LogP contribution in [-0.4, -0.2) is 47.5 Å². The monoisotopic (exact) mass is 297 g/mol. The van der Waals surface area contributed by atoms with E-state index in [2.05, 4.69) is 0 Å². The van der Waals surface area contributed by atoms with Crippen molar-refractivity contribution in [2.75, 3.05) is 13.2 Å². The number of hydrogen-bond acceptors (Lipinski definition) is 5. The fourth-order valence-corrected chi connectivity index (χ4v) is 3.14. The summed E-state index contributed by atoms with van der Waals surface area (Å²) < 4.78 is 10.4. The second-order valence-corrected chi connectivity index (χ2v) is 6.60. The third-order valence-corrected chi connectivity index (χ3v) is 3.95. The van der Waals surface area contributed by atoms with E-state index in [9.17, 15) is 14.4 Å². The first-order valence-corrected chi connectivity index (χ1v) is 7.43. The van der Waals surface area contributed by atoms with Gasteiger partial charge in [-0.2, -0.15) is 0 Å². The van der Waals surface area contributed by atoms with Gasteiger partial charge < -0.3 is 9.47 Å². The van der Waals surface area contributed by atoms with Crippen LogP contribution in [0.5, 0.6) is 0 Å². The smallest absolute Gasteiger partial charge is 0.411 e. The number of ketones is 1. The number of likely N-dealkylation sites (tertiary alicyclic amines) is 1. The van der Waals surface area contributed by atoms with Gasteiger partial charge in [0.05, 0.1) is 6.61 Å². The topological polar surface area (TPSA) is 72.9 Å². The van der Waals surface area contributed by atoms with Crippen molar-refractivity contribution in [3.05, 3.63) is 0 Å². The maximum atomic E-state index is 12.3. The second kappa shape index (κ2) is 5.66. The Bertz CT molecular complexity index is 453. The average Bonchev–Trinajstić information content (AvgIpc) is 2.88. The van der Waals surface area contributed by atoms with E-state index in [1.807, 2.05) is 0 Å². The standard InChI is InChI=1S/C15H23NO5/c1-5-20-13(18)12-9-6-7-11(17)10(9)8-16(12)14(19)21-15(2,3)4/h9-10,12H,5-8H2,1-4H3/t9-,10-,12-/m0/s1. The van der Waals surface area contributed by atoms with Crippen LogP contribution in [-0.2, 0) is 19.1 Å². The molecule has 0 unspecified atom stereocenters. The second-order valence-electron chi connectivity index (χ2n) is 6.60. The minimum atomic E-state index is -0.698. The van der Waals surface area contributed by atoms with Crippen LogP contribution >= 0.6 is 0 Å². The summed E-state index contributed by atoms with van der Waals surface area (Å²) >= 11 is 0. The first-order valence-electron chi connectivity index (χ1n) is 7.43. The number of fused-ring (bicyclic) bond motifs is 1. The molecule has 21 heavy (non-hydrogen) atoms. The molecule has 0 N–H and O–H groups in total. The average molecular weight is 297 g/mol. The lowest BCUT2D eigenvalue weighted by Crippen LogP contribution is -2.46. The summed E-state index contributed by atoms with van der Waals surface area (Å²) in [4.78, 5) is 37.8. The first kappa shape index (κ1) is 15.8. The van der Waals surface area contributed by atoms with Crippen LogP contribution in [0, 0.1) is 11.8 Å². The molecule has 6 nitrogen and oxygen atoms in total. The van der Waals surface area contributed by atoms with Crippen molar-refractivity contribution in [1.29, 1.82) is 0 Å². The van der Waals surface area contributed by atoms with Gasteiger partial charge in [0, 0.05) is 24.8 Å². The van der Waals surface area contributed by atoms with E-state index < -0.39 is 23.7 Å². The molecule has 2 rings (SSSR count). The van der Waals surface area contributed by atoms with Crippen molar-refractivity contribution in [3.63, 3.8) is 0 Å². The maximum absolute atomic E-state index is 12.3. The van der Waals surface area contributed by atoms with E-state index in [0.29, 0.717) is 12.8 Å². The quantitative estimate of drug-likeness (QED) is 0.726. The van der Waals surface area contributed by atoms with E-state index in [1.54, 1.807) is 27.7 Å². The number of Topliss-reactive ketones (excluding diaryl/α,β-unsaturated/α-hetero) is 1. The van der Waals surface area contributed by atoms with Crippen LogP contribution < -0.4 is 0 Å². The molecule has 0 radical (unpaired) electrons. The predicted octanol–water partition coefficient (Wildman–Crippen LogP) is 1.76. The van der Waals surface area contributed by atoms with Crippen molar-refractivity contribution in [1.82, 2.24) is 4.90 Å². The molecule has 118 valence electrons. The molecule has 0 spiro atoms. The zero-order valence-electron chi connectivity index (χ0n) is 13.0. The minimum Gasteiger partial charge on any atom is -0.464 e. The molecule has 2 fully saturated rings. The molecule has 1 amide bonds. The summed E-state index contributed by atoms with van der Waals surface area (Å²) in [5.74, 6) is -0.707. The van der Waals surface area contributed by atoms with Crippen molar-refractivity contribution >= 4 is 17.8 Å². The van der Waals surface area contributed by atoms with Gasteiger partial charge in [0.1, 0.15) is 17.4 Å². The Hall–Kier alpha value is -1.59. The van der Waals surface area contributed by atoms with Gasteiger partial charge in [0.2, 0.25) is 0 Å². The Morgan fingerprint density at radius 2 is 2.00 bits per heavy atom. The molecule has 0 bridgehead atoms. The number of nitrogens with zero attached hydrogens (tertiary/aromatic N) is 1. The maximum Gasteiger partial charge on any atom is 0.411 e. The summed E-state index contributed by atoms with van der Waals surface area (Å²) in [5.41, 5.74) is -0.641. The largest absolute Gasteiger partial charge is 0.464 e. The zero-order valence-corrected chi connectivity index (χ0v) is 13.0. The van der Waals surface area contributed by atoms with Crippen molar-refractivity contribution < 1.29 is 23.9 Å². The molecule has 1 saturated carbocycles. The number of carbonyl (C=O) groups is 3. The van der Waals surface area contributed by atoms with E-state index >= 15 is 0 Å². The third-order valence-electron chi connectivity index (χ3n) is 3.95. The highest BCUT2D eigenvalue weighted by Gasteiger charge is 2.54. The van der Waals surface area contributed by atoms with Crippen LogP contribution in [0.4, 0.5) is 4.79 Å². The lowest BCUT2D eigenvalue weighted by Gasteiger charge is -2.29. The normalized spacial score (nSPS) is 28.5. The van der Waals surface area contributed by atoms with E-state index in [0.717, 1.165) is 0 Å². The fraction of sp³-hybridized carbons (Fsp3) is 0.800. The third kappa shape index (κ3) is 3.19. The highest BCUT2D eigenvalue weighted by Crippen LogP contribution is 2.41. The highest BCUT2D eigenvalue weighted by molar-refractivity contribution is 5.90. The highest BCUT2D eigenvalue weighted by atomic mass is 16.6. The summed E-state index contributed by atoms with van der Waals surface area (Å²) in [7, 11) is 0. The first-order chi connectivity index (χ1) is 9.74. The van der Waals surface area contributed by atoms with Crippen molar-refractivity contribution in [2.24, 2.45) is 11.8 Å². The molecule has 2 aliphatic rings. The summed E-state index contributed by atoms with van der Waals surface area (Å²) in [5, 5.41) is 0. The van der Waals surface area contributed by atoms with E-state index in [-0.39, 0.29) is 30.8 Å². The SMILES string of the molecule is CCOC(=O)[C@@H]1[C@H]2CCC(=O)[C@H]2CN1C(=O)OC(C)(C)C. The van der Waals surface area contributed by atoms with Crippen molar-refractivity contribution in [2.45, 2.75) is 52.2 Å². The van der Waals surface area contributed by atoms with Crippen LogP contribution in [0.15, 0.2) is 0 Å². The van der Waals surface area contributed by atoms with Gasteiger partial charge >= 0.3 is 12.1 Å². The molecular weight excluding hydrogens is 274 g/mol. The number of carbonyl (C=O) groups excluding carboxylic acids is 3. The molecule has 1 aliphatic carbocycles. The molecule has 0 aromatic rings. The van der Waals surface area contributed by atoms with E-state index in [1.165, 1.54) is 4.90 Å². The Kier molecular flexibility index (Phi) is 4.25. The van der Waals surface area contributed by atoms with Crippen molar-refractivity contribution in [3.8, 4) is 0 Å². The predicted molar refractivity (Wildman–Crippen MR) is 74.6 cm³/mol. The molecular formula is C15H23NO5. The number of hydrogen-bond donors (Lipinski definition) is 0. The van der Waals surface area contributed by atoms with Gasteiger partial charge in [-0.15, -0.1) is 0 Å². The molecule has 0 aromatic carbocycles. The number of ether oxygens (including phenoxy) is 2. The fourth-order valence-electron chi connectivity index (χ4n) is 3.14. The summed E-state index contributed by atoms with van der Waals surface area (Å²) in [6, 6.07) is -0.698. The van der Waals surface area contributed by atoms with Crippen LogP contribution in [0.25, 0.3) is 0 Å². The van der Waals surface area contributed by atoms with Gasteiger partial charge in [-0.3, -0.25) is 9.69 Å². The van der Waals surface area contributed by atoms with E-state index in [4.69, 9.17) is 9.47 Å². The van der Waals surface area contributed by atoms with Gasteiger partial charge in [-0.05, 0) is 34.1 Å². The minimum absolute atomic E-state index is 0.125. The molecule has 0 aromatic heterocycles. The van der Waals surface area contributed by atoms with Gasteiger partial charge in [0.25, 0.3) is 0 Å². The van der Waals surface area contributed by atoms with Gasteiger partial charge in [-0.25, -0.2) is 9.59 Å². The zero-order chi connectivity index (χ0) is 15.8. The summed E-state index contributed by atoms with van der Waals surface area (Å²) in [6.07, 6.45) is 0.558. The summed E-state index contributed by atoms with van der Waals surface area (Å²) in [6.45, 7) is 7.54. The van der Waals surface area contributed by atoms with Gasteiger partial charge in [0.15, 0.2) is 0 Å². The lowest BCUT2D eigenvalue weighted by molar-refractivity contribution is -0.149. The van der Waals surface area contributed by atoms with Crippen LogP contribution in [0.3, 0.4) is 0 Å². The number of rotatable bonds is 2. The molecule has 6 heteroatoms. The Balaban J connectivity index is 2.20. The molecule has 1 heterocycles. The molecule has 3 atom stereocenters. The van der Waals surface area contributed by atoms with Crippen LogP contribution in [0.1, 0.15) is 40.5 Å².